The van der Waals surface area contributed by atoms with E-state index in [1.807, 2.05) is 0 Å². The molecule has 0 saturated carbocycles. The third kappa shape index (κ3) is 1.46. The van der Waals surface area contributed by atoms with E-state index < -0.39 is 0 Å². The van der Waals surface area contributed by atoms with Crippen molar-refractivity contribution in [3.8, 4) is 12.1 Å². The molecule has 4 nitrogen and oxygen atoms in total. The first kappa shape index (κ1) is 10.2. The van der Waals surface area contributed by atoms with E-state index >= 15 is 0 Å². The van der Waals surface area contributed by atoms with Crippen LogP contribution in [0.4, 0.5) is 0 Å². The molecule has 0 aliphatic rings. The molecular weight excluding hydrogens is 198 g/mol. The summed E-state index contributed by atoms with van der Waals surface area (Å²) in [5, 5.41) is 17.3. The van der Waals surface area contributed by atoms with Gasteiger partial charge in [-0.15, -0.1) is 11.3 Å². The molecule has 5 heteroatoms. The quantitative estimate of drug-likeness (QED) is 0.570. The van der Waals surface area contributed by atoms with Gasteiger partial charge in [0.1, 0.15) is 16.8 Å². The van der Waals surface area contributed by atoms with Crippen LogP contribution in [0.2, 0.25) is 0 Å². The zero-order valence-corrected chi connectivity index (χ0v) is 8.55. The Balaban J connectivity index is 3.92. The standard InChI is InChI=1S/C9H7N3OS/c1-3-7-8(13)12(2)9(14-7)6(4-10)5-11/h3H,1-2H3/b7-3+. The van der Waals surface area contributed by atoms with Crippen molar-refractivity contribution in [1.82, 2.24) is 4.57 Å². The molecule has 0 spiro atoms. The summed E-state index contributed by atoms with van der Waals surface area (Å²) in [7, 11) is 1.55. The molecule has 0 fully saturated rings. The molecular formula is C9H7N3OS. The number of aromatic nitrogens is 1. The van der Waals surface area contributed by atoms with Gasteiger partial charge in [-0.1, -0.05) is 6.08 Å². The van der Waals surface area contributed by atoms with E-state index in [4.69, 9.17) is 10.5 Å². The van der Waals surface area contributed by atoms with Gasteiger partial charge in [0.2, 0.25) is 0 Å². The molecule has 0 N–H and O–H groups in total. The van der Waals surface area contributed by atoms with Crippen LogP contribution in [0.3, 0.4) is 0 Å². The van der Waals surface area contributed by atoms with Crippen molar-refractivity contribution in [3.05, 3.63) is 19.5 Å². The van der Waals surface area contributed by atoms with E-state index in [1.54, 1.807) is 32.2 Å². The second-order valence-corrected chi connectivity index (χ2v) is 3.55. The van der Waals surface area contributed by atoms with E-state index in [0.29, 0.717) is 9.20 Å². The maximum atomic E-state index is 11.5. The van der Waals surface area contributed by atoms with Gasteiger partial charge in [-0.05, 0) is 6.92 Å². The Kier molecular flexibility index (Phi) is 2.85. The van der Waals surface area contributed by atoms with Crippen molar-refractivity contribution >= 4 is 23.0 Å². The lowest BCUT2D eigenvalue weighted by Crippen LogP contribution is -2.29. The Morgan fingerprint density at radius 1 is 1.50 bits per heavy atom. The first-order valence-corrected chi connectivity index (χ1v) is 4.64. The van der Waals surface area contributed by atoms with Crippen LogP contribution in [0.15, 0.2) is 4.79 Å². The lowest BCUT2D eigenvalue weighted by molar-refractivity contribution is 0.855. The molecule has 1 aromatic rings. The summed E-state index contributed by atoms with van der Waals surface area (Å²) in [5.41, 5.74) is -0.196. The minimum absolute atomic E-state index is 0.0253. The van der Waals surface area contributed by atoms with Crippen LogP contribution in [0, 0.1) is 22.7 Å². The van der Waals surface area contributed by atoms with Gasteiger partial charge in [-0.3, -0.25) is 4.79 Å². The molecule has 0 unspecified atom stereocenters. The van der Waals surface area contributed by atoms with Crippen LogP contribution in [-0.4, -0.2) is 4.57 Å². The topological polar surface area (TPSA) is 69.6 Å². The van der Waals surface area contributed by atoms with E-state index in [-0.39, 0.29) is 11.1 Å². The number of hydrogen-bond acceptors (Lipinski definition) is 4. The van der Waals surface area contributed by atoms with Crippen molar-refractivity contribution in [2.75, 3.05) is 0 Å². The highest BCUT2D eigenvalue weighted by atomic mass is 32.1. The molecule has 1 aromatic heterocycles. The summed E-state index contributed by atoms with van der Waals surface area (Å²) >= 11 is 1.16. The monoisotopic (exact) mass is 205 g/mol. The fraction of sp³-hybridized carbons (Fsp3) is 0.222. The zero-order valence-electron chi connectivity index (χ0n) is 7.74. The second kappa shape index (κ2) is 3.91. The molecule has 0 aromatic carbocycles. The molecule has 0 bridgehead atoms. The first-order chi connectivity index (χ1) is 6.65. The summed E-state index contributed by atoms with van der Waals surface area (Å²) in [5.74, 6) is 0. The van der Waals surface area contributed by atoms with Gasteiger partial charge in [0.25, 0.3) is 5.56 Å². The molecule has 0 atom stereocenters. The van der Waals surface area contributed by atoms with Crippen molar-refractivity contribution in [2.24, 2.45) is 7.05 Å². The Labute approximate surface area is 84.3 Å². The third-order valence-electron chi connectivity index (χ3n) is 1.73. The lowest BCUT2D eigenvalue weighted by atomic mass is 10.4. The van der Waals surface area contributed by atoms with Crippen LogP contribution >= 0.6 is 11.3 Å². The number of thiazole rings is 1. The molecule has 0 saturated heterocycles. The lowest BCUT2D eigenvalue weighted by Gasteiger charge is -1.85. The van der Waals surface area contributed by atoms with Gasteiger partial charge in [0.15, 0.2) is 5.57 Å². The van der Waals surface area contributed by atoms with E-state index in [9.17, 15) is 4.79 Å². The van der Waals surface area contributed by atoms with Crippen molar-refractivity contribution in [3.63, 3.8) is 0 Å². The summed E-state index contributed by atoms with van der Waals surface area (Å²) in [6.45, 7) is 1.75. The summed E-state index contributed by atoms with van der Waals surface area (Å²) in [6.07, 6.45) is 1.67. The normalized spacial score (nSPS) is 10.7. The molecule has 1 heterocycles. The van der Waals surface area contributed by atoms with Crippen molar-refractivity contribution in [2.45, 2.75) is 6.92 Å². The van der Waals surface area contributed by atoms with Crippen LogP contribution in [0.25, 0.3) is 11.6 Å². The SMILES string of the molecule is C/C=c1/sc(=C(C#N)C#N)n(C)c1=O. The largest absolute Gasteiger partial charge is 0.300 e. The van der Waals surface area contributed by atoms with Crippen molar-refractivity contribution < 1.29 is 0 Å². The molecule has 0 radical (unpaired) electrons. The van der Waals surface area contributed by atoms with Crippen LogP contribution in [-0.2, 0) is 7.05 Å². The maximum Gasteiger partial charge on any atom is 0.268 e. The minimum Gasteiger partial charge on any atom is -0.300 e. The molecule has 14 heavy (non-hydrogen) atoms. The van der Waals surface area contributed by atoms with Gasteiger partial charge < -0.3 is 4.57 Å². The average molecular weight is 205 g/mol. The van der Waals surface area contributed by atoms with Gasteiger partial charge in [0.05, 0.1) is 4.53 Å². The second-order valence-electron chi connectivity index (χ2n) is 2.52. The maximum absolute atomic E-state index is 11.5. The van der Waals surface area contributed by atoms with E-state index in [2.05, 4.69) is 0 Å². The molecule has 0 amide bonds. The van der Waals surface area contributed by atoms with E-state index in [1.165, 1.54) is 4.57 Å². The highest BCUT2D eigenvalue weighted by Gasteiger charge is 2.03. The smallest absolute Gasteiger partial charge is 0.268 e. The highest BCUT2D eigenvalue weighted by Crippen LogP contribution is 1.86. The number of hydrogen-bond donors (Lipinski definition) is 0. The molecule has 0 aliphatic carbocycles. The van der Waals surface area contributed by atoms with Crippen LogP contribution < -0.4 is 14.8 Å². The Morgan fingerprint density at radius 3 is 2.43 bits per heavy atom. The van der Waals surface area contributed by atoms with Gasteiger partial charge in [-0.25, -0.2) is 0 Å². The van der Waals surface area contributed by atoms with Crippen molar-refractivity contribution in [1.29, 1.82) is 10.5 Å². The third-order valence-corrected chi connectivity index (χ3v) is 3.03. The average Bonchev–Trinajstić information content (AvgIpc) is 2.48. The Hall–Kier alpha value is -1.85. The fourth-order valence-electron chi connectivity index (χ4n) is 0.996. The predicted octanol–water partition coefficient (Wildman–Crippen LogP) is -0.555. The number of nitrogens with zero attached hydrogens (tertiary/aromatic N) is 3. The van der Waals surface area contributed by atoms with Gasteiger partial charge in [0, 0.05) is 7.05 Å². The summed E-state index contributed by atoms with van der Waals surface area (Å²) < 4.78 is 2.28. The summed E-state index contributed by atoms with van der Waals surface area (Å²) in [4.78, 5) is 11.5. The molecule has 0 aliphatic heterocycles. The van der Waals surface area contributed by atoms with E-state index in [0.717, 1.165) is 11.3 Å². The van der Waals surface area contributed by atoms with Gasteiger partial charge in [-0.2, -0.15) is 10.5 Å². The predicted molar refractivity (Wildman–Crippen MR) is 53.6 cm³/mol. The number of rotatable bonds is 0. The summed E-state index contributed by atoms with van der Waals surface area (Å²) in [6, 6.07) is 3.53. The van der Waals surface area contributed by atoms with Crippen LogP contribution in [0.1, 0.15) is 6.92 Å². The number of nitriles is 2. The fourth-order valence-corrected chi connectivity index (χ4v) is 1.96. The highest BCUT2D eigenvalue weighted by molar-refractivity contribution is 7.07. The van der Waals surface area contributed by atoms with Gasteiger partial charge >= 0.3 is 0 Å². The molecule has 1 rings (SSSR count). The Morgan fingerprint density at radius 2 is 2.07 bits per heavy atom. The molecule has 70 valence electrons. The Bertz CT molecular complexity index is 590. The minimum atomic E-state index is -0.171. The zero-order chi connectivity index (χ0) is 10.7. The van der Waals surface area contributed by atoms with Crippen LogP contribution in [0.5, 0.6) is 0 Å². The first-order valence-electron chi connectivity index (χ1n) is 3.82.